The third-order valence-electron chi connectivity index (χ3n) is 0.451. The molecule has 0 fully saturated rings. The van der Waals surface area contributed by atoms with Crippen molar-refractivity contribution in [3.05, 3.63) is 0 Å². The highest BCUT2D eigenvalue weighted by Crippen LogP contribution is 2.31. The van der Waals surface area contributed by atoms with Gasteiger partial charge in [0, 0.05) is 10.2 Å². The van der Waals surface area contributed by atoms with Crippen LogP contribution in [0.2, 0.25) is 0 Å². The Morgan fingerprint density at radius 2 is 1.43 bits per heavy atom. The van der Waals surface area contributed by atoms with Gasteiger partial charge < -0.3 is 0 Å². The summed E-state index contributed by atoms with van der Waals surface area (Å²) < 4.78 is -1.26. The summed E-state index contributed by atoms with van der Waals surface area (Å²) in [4.78, 5) is 0. The molecule has 0 aliphatic heterocycles. The molecule has 0 aliphatic rings. The van der Waals surface area contributed by atoms with Crippen LogP contribution in [0.1, 0.15) is 0 Å². The van der Waals surface area contributed by atoms with Crippen LogP contribution in [0.25, 0.3) is 0 Å². The first-order valence-corrected chi connectivity index (χ1v) is 4.38. The van der Waals surface area contributed by atoms with E-state index in [1.165, 1.54) is 0 Å². The summed E-state index contributed by atoms with van der Waals surface area (Å²) >= 11 is 21.3. The van der Waals surface area contributed by atoms with E-state index in [1.807, 2.05) is 0 Å². The fourth-order valence-electron chi connectivity index (χ4n) is 0. The first kappa shape index (κ1) is 8.38. The summed E-state index contributed by atoms with van der Waals surface area (Å²) in [6.07, 6.45) is 0. The van der Waals surface area contributed by atoms with Gasteiger partial charge in [-0.1, -0.05) is 34.8 Å². The van der Waals surface area contributed by atoms with Crippen LogP contribution in [0, 0.1) is 0 Å². The van der Waals surface area contributed by atoms with Crippen LogP contribution in [0.15, 0.2) is 0 Å². The molecule has 0 bridgehead atoms. The van der Waals surface area contributed by atoms with Gasteiger partial charge in [0.1, 0.15) is 0 Å². The van der Waals surface area contributed by atoms with Crippen molar-refractivity contribution in [3.8, 4) is 0 Å². The number of hydrogen-bond acceptors (Lipinski definition) is 0. The maximum Gasteiger partial charge on any atom is 0.203 e. The standard InChI is InChI=1S/C2H4Cl4Si/c3-1(7)2(4,5)6/h1H,7H3. The van der Waals surface area contributed by atoms with Crippen molar-refractivity contribution in [2.24, 2.45) is 0 Å². The van der Waals surface area contributed by atoms with Crippen LogP contribution in [0.5, 0.6) is 0 Å². The van der Waals surface area contributed by atoms with Crippen LogP contribution in [-0.2, 0) is 0 Å². The van der Waals surface area contributed by atoms with Crippen LogP contribution in [0.3, 0.4) is 0 Å². The largest absolute Gasteiger partial charge is 0.203 e. The normalized spacial score (nSPS) is 17.1. The van der Waals surface area contributed by atoms with Gasteiger partial charge in [0.15, 0.2) is 0 Å². The highest BCUT2D eigenvalue weighted by Gasteiger charge is 2.25. The zero-order chi connectivity index (χ0) is 6.08. The molecule has 7 heavy (non-hydrogen) atoms. The predicted octanol–water partition coefficient (Wildman–Crippen LogP) is 1.29. The smallest absolute Gasteiger partial charge is 0.123 e. The Balaban J connectivity index is 3.54. The molecule has 0 aromatic rings. The van der Waals surface area contributed by atoms with Crippen molar-refractivity contribution < 1.29 is 0 Å². The van der Waals surface area contributed by atoms with E-state index in [9.17, 15) is 0 Å². The van der Waals surface area contributed by atoms with Gasteiger partial charge >= 0.3 is 0 Å². The molecule has 1 atom stereocenters. The van der Waals surface area contributed by atoms with Crippen LogP contribution in [-0.4, -0.2) is 19.0 Å². The topological polar surface area (TPSA) is 0 Å². The molecule has 0 amide bonds. The number of hydrogen-bond donors (Lipinski definition) is 0. The predicted molar refractivity (Wildman–Crippen MR) is 39.9 cm³/mol. The lowest BCUT2D eigenvalue weighted by Crippen LogP contribution is -2.18. The zero-order valence-corrected chi connectivity index (χ0v) is 8.61. The zero-order valence-electron chi connectivity index (χ0n) is 3.59. The molecule has 1 unspecified atom stereocenters. The second kappa shape index (κ2) is 2.79. The van der Waals surface area contributed by atoms with Gasteiger partial charge in [-0.05, 0) is 0 Å². The van der Waals surface area contributed by atoms with Gasteiger partial charge in [0.25, 0.3) is 0 Å². The second-order valence-electron chi connectivity index (χ2n) is 1.16. The van der Waals surface area contributed by atoms with E-state index in [0.29, 0.717) is 10.2 Å². The first-order chi connectivity index (χ1) is 2.94. The third-order valence-corrected chi connectivity index (χ3v) is 4.06. The van der Waals surface area contributed by atoms with Gasteiger partial charge in [-0.15, -0.1) is 11.6 Å². The van der Waals surface area contributed by atoms with Gasteiger partial charge in [-0.2, -0.15) is 0 Å². The van der Waals surface area contributed by atoms with Gasteiger partial charge in [-0.3, -0.25) is 0 Å². The summed E-state index contributed by atoms with van der Waals surface area (Å²) in [5.41, 5.74) is 0. The van der Waals surface area contributed by atoms with E-state index in [-0.39, 0.29) is 5.00 Å². The molecule has 0 saturated carbocycles. The molecule has 0 aromatic carbocycles. The molecule has 0 spiro atoms. The summed E-state index contributed by atoms with van der Waals surface area (Å²) in [5.74, 6) is 0. The third kappa shape index (κ3) is 3.92. The monoisotopic (exact) mass is 196 g/mol. The summed E-state index contributed by atoms with van der Waals surface area (Å²) in [6.45, 7) is 0. The fraction of sp³-hybridized carbons (Fsp3) is 1.00. The molecule has 0 aromatic heterocycles. The van der Waals surface area contributed by atoms with Crippen molar-refractivity contribution >= 4 is 56.6 Å². The molecule has 0 heterocycles. The summed E-state index contributed by atoms with van der Waals surface area (Å²) in [5, 5.41) is -0.294. The van der Waals surface area contributed by atoms with Gasteiger partial charge in [0.2, 0.25) is 3.79 Å². The molecule has 0 N–H and O–H groups in total. The van der Waals surface area contributed by atoms with Crippen LogP contribution in [0.4, 0.5) is 0 Å². The van der Waals surface area contributed by atoms with E-state index in [4.69, 9.17) is 46.4 Å². The lowest BCUT2D eigenvalue weighted by molar-refractivity contribution is 1.19. The molecule has 0 radical (unpaired) electrons. The SMILES string of the molecule is [SiH3]C(Cl)C(Cl)(Cl)Cl. The molecular weight excluding hydrogens is 194 g/mol. The lowest BCUT2D eigenvalue weighted by atomic mass is 10.9. The summed E-state index contributed by atoms with van der Waals surface area (Å²) in [7, 11) is 0.698. The Morgan fingerprint density at radius 3 is 1.43 bits per heavy atom. The minimum Gasteiger partial charge on any atom is -0.123 e. The molecular formula is C2H4Cl4Si. The fourth-order valence-corrected chi connectivity index (χ4v) is 0. The van der Waals surface area contributed by atoms with E-state index >= 15 is 0 Å². The van der Waals surface area contributed by atoms with Gasteiger partial charge in [0.05, 0.1) is 5.00 Å². The Hall–Kier alpha value is 1.38. The van der Waals surface area contributed by atoms with E-state index < -0.39 is 3.79 Å². The average Bonchev–Trinajstić information content (AvgIpc) is 1.31. The number of halogens is 4. The molecule has 5 heteroatoms. The first-order valence-electron chi connectivity index (χ1n) is 1.65. The highest BCUT2D eigenvalue weighted by molar-refractivity contribution is 6.73. The Kier molecular flexibility index (Phi) is 3.33. The highest BCUT2D eigenvalue weighted by atomic mass is 35.6. The molecule has 0 rings (SSSR count). The summed E-state index contributed by atoms with van der Waals surface area (Å²) in [6, 6.07) is 0. The van der Waals surface area contributed by atoms with Crippen molar-refractivity contribution in [1.82, 2.24) is 0 Å². The Bertz CT molecular complexity index is 55.2. The second-order valence-corrected chi connectivity index (χ2v) is 6.07. The van der Waals surface area contributed by atoms with E-state index in [0.717, 1.165) is 0 Å². The molecule has 44 valence electrons. The van der Waals surface area contributed by atoms with Crippen molar-refractivity contribution in [3.63, 3.8) is 0 Å². The molecule has 0 saturated heterocycles. The Morgan fingerprint density at radius 1 is 1.29 bits per heavy atom. The lowest BCUT2D eigenvalue weighted by Gasteiger charge is -2.11. The van der Waals surface area contributed by atoms with Gasteiger partial charge in [-0.25, -0.2) is 0 Å². The quantitative estimate of drug-likeness (QED) is 0.406. The average molecular weight is 198 g/mol. The van der Waals surface area contributed by atoms with E-state index in [2.05, 4.69) is 0 Å². The minimum absolute atomic E-state index is 0.294. The molecule has 0 nitrogen and oxygen atoms in total. The Labute approximate surface area is 65.5 Å². The van der Waals surface area contributed by atoms with Crippen molar-refractivity contribution in [2.45, 2.75) is 8.79 Å². The van der Waals surface area contributed by atoms with E-state index in [1.54, 1.807) is 0 Å². The van der Waals surface area contributed by atoms with Crippen molar-refractivity contribution in [2.75, 3.05) is 0 Å². The minimum atomic E-state index is -1.26. The van der Waals surface area contributed by atoms with Crippen molar-refractivity contribution in [1.29, 1.82) is 0 Å². The van der Waals surface area contributed by atoms with Crippen LogP contribution < -0.4 is 0 Å². The number of rotatable bonds is 0. The number of alkyl halides is 4. The molecule has 0 aliphatic carbocycles. The maximum absolute atomic E-state index is 5.42. The maximum atomic E-state index is 5.42. The van der Waals surface area contributed by atoms with Crippen LogP contribution >= 0.6 is 46.4 Å².